The molecule has 6 heteroatoms. The van der Waals surface area contributed by atoms with Gasteiger partial charge in [-0.25, -0.2) is 5.84 Å². The molecule has 6 nitrogen and oxygen atoms in total. The second kappa shape index (κ2) is 10.3. The summed E-state index contributed by atoms with van der Waals surface area (Å²) in [6, 6.07) is 9.24. The van der Waals surface area contributed by atoms with Gasteiger partial charge in [0.1, 0.15) is 0 Å². The van der Waals surface area contributed by atoms with Gasteiger partial charge in [0.25, 0.3) is 5.91 Å². The maximum Gasteiger partial charge on any atom is 0.267 e. The van der Waals surface area contributed by atoms with E-state index in [0.717, 1.165) is 5.56 Å². The van der Waals surface area contributed by atoms with Gasteiger partial charge in [-0.05, 0) is 12.0 Å². The average Bonchev–Trinajstić information content (AvgIpc) is 2.50. The minimum Gasteiger partial charge on any atom is -0.382 e. The summed E-state index contributed by atoms with van der Waals surface area (Å²) in [6.07, 6.45) is 0.00502. The van der Waals surface area contributed by atoms with Crippen LogP contribution in [-0.2, 0) is 19.0 Å². The molecule has 0 aliphatic carbocycles. The zero-order valence-electron chi connectivity index (χ0n) is 11.7. The van der Waals surface area contributed by atoms with E-state index in [1.54, 1.807) is 7.11 Å². The van der Waals surface area contributed by atoms with E-state index in [1.165, 1.54) is 0 Å². The molecule has 1 unspecified atom stereocenters. The number of nitrogens with one attached hydrogen (secondary N) is 1. The first-order valence-electron chi connectivity index (χ1n) is 6.53. The van der Waals surface area contributed by atoms with Crippen LogP contribution in [0.4, 0.5) is 0 Å². The third-order valence-electron chi connectivity index (χ3n) is 2.63. The topological polar surface area (TPSA) is 82.8 Å². The van der Waals surface area contributed by atoms with E-state index in [1.807, 2.05) is 30.3 Å². The van der Waals surface area contributed by atoms with Crippen LogP contribution in [0.25, 0.3) is 0 Å². The van der Waals surface area contributed by atoms with Crippen molar-refractivity contribution >= 4 is 5.91 Å². The average molecular weight is 282 g/mol. The molecule has 1 aromatic rings. The van der Waals surface area contributed by atoms with Gasteiger partial charge in [0.15, 0.2) is 6.10 Å². The molecule has 0 saturated heterocycles. The van der Waals surface area contributed by atoms with Gasteiger partial charge in [0.2, 0.25) is 0 Å². The molecule has 112 valence electrons. The Morgan fingerprint density at radius 3 is 2.60 bits per heavy atom. The van der Waals surface area contributed by atoms with E-state index < -0.39 is 6.10 Å². The zero-order valence-corrected chi connectivity index (χ0v) is 11.7. The lowest BCUT2D eigenvalue weighted by molar-refractivity contribution is -0.133. The molecular formula is C14H22N2O4. The van der Waals surface area contributed by atoms with Gasteiger partial charge in [-0.1, -0.05) is 30.3 Å². The van der Waals surface area contributed by atoms with E-state index in [2.05, 4.69) is 5.43 Å². The number of hydrogen-bond acceptors (Lipinski definition) is 5. The number of hydrazine groups is 1. The fourth-order valence-corrected chi connectivity index (χ4v) is 1.63. The maximum absolute atomic E-state index is 11.7. The van der Waals surface area contributed by atoms with Crippen LogP contribution in [0.5, 0.6) is 0 Å². The quantitative estimate of drug-likeness (QED) is 0.287. The van der Waals surface area contributed by atoms with Crippen molar-refractivity contribution in [3.05, 3.63) is 35.9 Å². The van der Waals surface area contributed by atoms with Gasteiger partial charge in [0.05, 0.1) is 19.8 Å². The fourth-order valence-electron chi connectivity index (χ4n) is 1.63. The summed E-state index contributed by atoms with van der Waals surface area (Å²) in [7, 11) is 1.63. The number of methoxy groups -OCH3 is 1. The van der Waals surface area contributed by atoms with Crippen LogP contribution in [0.2, 0.25) is 0 Å². The molecule has 0 spiro atoms. The standard InChI is InChI=1S/C14H22N2O4/c1-18-10-11-19-8-5-9-20-13(14(17)16-15)12-6-3-2-4-7-12/h2-4,6-7,13H,5,8-11,15H2,1H3,(H,16,17). The number of carbonyl (C=O) groups is 1. The van der Waals surface area contributed by atoms with Crippen LogP contribution in [0.3, 0.4) is 0 Å². The van der Waals surface area contributed by atoms with Gasteiger partial charge >= 0.3 is 0 Å². The van der Waals surface area contributed by atoms with Crippen LogP contribution in [0.15, 0.2) is 30.3 Å². The van der Waals surface area contributed by atoms with Crippen LogP contribution in [0, 0.1) is 0 Å². The normalized spacial score (nSPS) is 12.1. The first-order chi connectivity index (χ1) is 9.79. The van der Waals surface area contributed by atoms with Crippen molar-refractivity contribution in [2.75, 3.05) is 33.5 Å². The molecular weight excluding hydrogens is 260 g/mol. The predicted molar refractivity (Wildman–Crippen MR) is 74.8 cm³/mol. The molecule has 0 saturated carbocycles. The van der Waals surface area contributed by atoms with Gasteiger partial charge in [-0.15, -0.1) is 0 Å². The number of rotatable bonds is 10. The summed E-state index contributed by atoms with van der Waals surface area (Å²) < 4.78 is 15.8. The molecule has 0 fully saturated rings. The molecule has 1 atom stereocenters. The molecule has 1 aromatic carbocycles. The third kappa shape index (κ3) is 6.12. The summed E-state index contributed by atoms with van der Waals surface area (Å²) in [5, 5.41) is 0. The second-order valence-corrected chi connectivity index (χ2v) is 4.13. The van der Waals surface area contributed by atoms with Crippen LogP contribution >= 0.6 is 0 Å². The second-order valence-electron chi connectivity index (χ2n) is 4.13. The van der Waals surface area contributed by atoms with Crippen molar-refractivity contribution < 1.29 is 19.0 Å². The molecule has 0 aliphatic rings. The first-order valence-corrected chi connectivity index (χ1v) is 6.53. The van der Waals surface area contributed by atoms with Crippen molar-refractivity contribution in [1.29, 1.82) is 0 Å². The van der Waals surface area contributed by atoms with Gasteiger partial charge in [-0.2, -0.15) is 0 Å². The Morgan fingerprint density at radius 1 is 1.20 bits per heavy atom. The lowest BCUT2D eigenvalue weighted by Gasteiger charge is -2.16. The molecule has 1 rings (SSSR count). The lowest BCUT2D eigenvalue weighted by atomic mass is 10.1. The van der Waals surface area contributed by atoms with Gasteiger partial charge in [0, 0.05) is 13.7 Å². The summed E-state index contributed by atoms with van der Waals surface area (Å²) in [5.41, 5.74) is 2.89. The molecule has 0 heterocycles. The smallest absolute Gasteiger partial charge is 0.267 e. The maximum atomic E-state index is 11.7. The van der Waals surface area contributed by atoms with Gasteiger partial charge < -0.3 is 14.2 Å². The highest BCUT2D eigenvalue weighted by Gasteiger charge is 2.19. The van der Waals surface area contributed by atoms with Crippen molar-refractivity contribution in [1.82, 2.24) is 5.43 Å². The van der Waals surface area contributed by atoms with Crippen LogP contribution in [0.1, 0.15) is 18.1 Å². The monoisotopic (exact) mass is 282 g/mol. The number of ether oxygens (including phenoxy) is 3. The lowest BCUT2D eigenvalue weighted by Crippen LogP contribution is -2.36. The summed E-state index contributed by atoms with van der Waals surface area (Å²) in [5.74, 6) is 4.81. The van der Waals surface area contributed by atoms with Crippen molar-refractivity contribution in [2.45, 2.75) is 12.5 Å². The SMILES string of the molecule is COCCOCCCOC(C(=O)NN)c1ccccc1. The number of benzene rings is 1. The van der Waals surface area contributed by atoms with Crippen LogP contribution in [-0.4, -0.2) is 39.4 Å². The van der Waals surface area contributed by atoms with E-state index in [9.17, 15) is 4.79 Å². The Hall–Kier alpha value is -1.47. The van der Waals surface area contributed by atoms with Crippen molar-refractivity contribution in [3.63, 3.8) is 0 Å². The molecule has 0 aliphatic heterocycles. The number of amides is 1. The Balaban J connectivity index is 2.34. The first kappa shape index (κ1) is 16.6. The Labute approximate surface area is 119 Å². The summed E-state index contributed by atoms with van der Waals surface area (Å²) >= 11 is 0. The van der Waals surface area contributed by atoms with Crippen molar-refractivity contribution in [2.24, 2.45) is 5.84 Å². The van der Waals surface area contributed by atoms with E-state index in [4.69, 9.17) is 20.1 Å². The molecule has 0 radical (unpaired) electrons. The van der Waals surface area contributed by atoms with Gasteiger partial charge in [-0.3, -0.25) is 10.2 Å². The third-order valence-corrected chi connectivity index (χ3v) is 2.63. The molecule has 3 N–H and O–H groups in total. The highest BCUT2D eigenvalue weighted by Crippen LogP contribution is 2.17. The summed E-state index contributed by atoms with van der Waals surface area (Å²) in [6.45, 7) is 2.11. The van der Waals surface area contributed by atoms with Crippen molar-refractivity contribution in [3.8, 4) is 0 Å². The zero-order chi connectivity index (χ0) is 14.6. The molecule has 0 aromatic heterocycles. The molecule has 0 bridgehead atoms. The number of carbonyl (C=O) groups excluding carboxylic acids is 1. The number of nitrogens with two attached hydrogens (primary N) is 1. The fraction of sp³-hybridized carbons (Fsp3) is 0.500. The Kier molecular flexibility index (Phi) is 8.57. The van der Waals surface area contributed by atoms with E-state index in [0.29, 0.717) is 32.8 Å². The minimum absolute atomic E-state index is 0.364. The van der Waals surface area contributed by atoms with Crippen LogP contribution < -0.4 is 11.3 Å². The van der Waals surface area contributed by atoms with E-state index in [-0.39, 0.29) is 5.91 Å². The highest BCUT2D eigenvalue weighted by atomic mass is 16.5. The van der Waals surface area contributed by atoms with E-state index >= 15 is 0 Å². The molecule has 20 heavy (non-hydrogen) atoms. The minimum atomic E-state index is -0.694. The molecule has 1 amide bonds. The number of hydrogen-bond donors (Lipinski definition) is 2. The summed E-state index contributed by atoms with van der Waals surface area (Å²) in [4.78, 5) is 11.7. The largest absolute Gasteiger partial charge is 0.382 e. The predicted octanol–water partition coefficient (Wildman–Crippen LogP) is 0.787. The Bertz CT molecular complexity index is 373. The highest BCUT2D eigenvalue weighted by molar-refractivity contribution is 5.81. The Morgan fingerprint density at radius 2 is 1.95 bits per heavy atom.